The largest absolute Gasteiger partial charge is 0.0738 e. The zero-order chi connectivity index (χ0) is 10.2. The van der Waals surface area contributed by atoms with E-state index in [0.29, 0.717) is 0 Å². The summed E-state index contributed by atoms with van der Waals surface area (Å²) in [4.78, 5) is 0. The van der Waals surface area contributed by atoms with Crippen molar-refractivity contribution >= 4 is 7.85 Å². The summed E-state index contributed by atoms with van der Waals surface area (Å²) >= 11 is 0. The van der Waals surface area contributed by atoms with Crippen LogP contribution < -0.4 is 0 Å². The molecule has 0 aliphatic carbocycles. The Morgan fingerprint density at radius 3 is 1.77 bits per heavy atom. The Morgan fingerprint density at radius 2 is 1.31 bits per heavy atom. The summed E-state index contributed by atoms with van der Waals surface area (Å²) in [5, 5.41) is 0.0451. The highest BCUT2D eigenvalue weighted by molar-refractivity contribution is 6.14. The smallest absolute Gasteiger partial charge is 0.0716 e. The van der Waals surface area contributed by atoms with Crippen molar-refractivity contribution in [3.05, 3.63) is 0 Å². The molecular formula is C12H25B. The predicted octanol–water partition coefficient (Wildman–Crippen LogP) is 4.49. The van der Waals surface area contributed by atoms with Crippen molar-refractivity contribution in [2.75, 3.05) is 0 Å². The van der Waals surface area contributed by atoms with Gasteiger partial charge in [0.25, 0.3) is 0 Å². The molecule has 0 saturated carbocycles. The van der Waals surface area contributed by atoms with Gasteiger partial charge >= 0.3 is 0 Å². The fourth-order valence-corrected chi connectivity index (χ4v) is 1.54. The lowest BCUT2D eigenvalue weighted by Crippen LogP contribution is -2.01. The Kier molecular flexibility index (Phi) is 7.50. The SMILES string of the molecule is [B]C(C)(C)CCCCCCCCC. The highest BCUT2D eigenvalue weighted by Crippen LogP contribution is 2.26. The molecule has 0 bridgehead atoms. The molecule has 0 N–H and O–H groups in total. The van der Waals surface area contributed by atoms with Gasteiger partial charge in [-0.05, 0) is 0 Å². The summed E-state index contributed by atoms with van der Waals surface area (Å²) in [6.45, 7) is 6.49. The molecule has 76 valence electrons. The zero-order valence-electron chi connectivity index (χ0n) is 9.73. The second kappa shape index (κ2) is 7.47. The first-order valence-electron chi connectivity index (χ1n) is 5.85. The lowest BCUT2D eigenvalue weighted by Gasteiger charge is -2.17. The normalized spacial score (nSPS) is 11.9. The molecule has 0 spiro atoms. The van der Waals surface area contributed by atoms with Crippen molar-refractivity contribution in [3.8, 4) is 0 Å². The van der Waals surface area contributed by atoms with Crippen LogP contribution in [0.2, 0.25) is 5.31 Å². The van der Waals surface area contributed by atoms with E-state index < -0.39 is 0 Å². The van der Waals surface area contributed by atoms with Crippen molar-refractivity contribution in [1.29, 1.82) is 0 Å². The molecule has 2 radical (unpaired) electrons. The standard InChI is InChI=1S/C12H25B/c1-4-5-6-7-8-9-10-11-12(2,3)13/h4-11H2,1-3H3. The van der Waals surface area contributed by atoms with Gasteiger partial charge < -0.3 is 0 Å². The fourth-order valence-electron chi connectivity index (χ4n) is 1.54. The summed E-state index contributed by atoms with van der Waals surface area (Å²) in [6, 6.07) is 0. The molecule has 0 nitrogen and oxygen atoms in total. The van der Waals surface area contributed by atoms with E-state index in [9.17, 15) is 0 Å². The molecule has 0 aromatic heterocycles. The number of hydrogen-bond acceptors (Lipinski definition) is 0. The monoisotopic (exact) mass is 180 g/mol. The number of unbranched alkanes of at least 4 members (excludes halogenated alkanes) is 6. The summed E-state index contributed by atoms with van der Waals surface area (Å²) < 4.78 is 0. The first-order valence-corrected chi connectivity index (χ1v) is 5.85. The first-order chi connectivity index (χ1) is 6.06. The maximum absolute atomic E-state index is 5.90. The third-order valence-electron chi connectivity index (χ3n) is 2.42. The minimum atomic E-state index is 0.0451. The molecule has 0 atom stereocenters. The van der Waals surface area contributed by atoms with Crippen LogP contribution in [0.25, 0.3) is 0 Å². The summed E-state index contributed by atoms with van der Waals surface area (Å²) in [7, 11) is 5.90. The molecule has 0 aliphatic rings. The van der Waals surface area contributed by atoms with Crippen molar-refractivity contribution in [3.63, 3.8) is 0 Å². The minimum absolute atomic E-state index is 0.0451. The van der Waals surface area contributed by atoms with Gasteiger partial charge in [-0.1, -0.05) is 77.5 Å². The van der Waals surface area contributed by atoms with Gasteiger partial charge in [0.1, 0.15) is 0 Å². The highest BCUT2D eigenvalue weighted by Gasteiger charge is 2.07. The van der Waals surface area contributed by atoms with Crippen LogP contribution in [0.5, 0.6) is 0 Å². The molecule has 0 aromatic carbocycles. The Bertz CT molecular complexity index is 102. The molecule has 0 saturated heterocycles. The molecule has 0 amide bonds. The van der Waals surface area contributed by atoms with E-state index >= 15 is 0 Å². The highest BCUT2D eigenvalue weighted by atomic mass is 14.1. The third kappa shape index (κ3) is 12.1. The average Bonchev–Trinajstić information content (AvgIpc) is 2.01. The third-order valence-corrected chi connectivity index (χ3v) is 2.42. The van der Waals surface area contributed by atoms with Crippen molar-refractivity contribution < 1.29 is 0 Å². The lowest BCUT2D eigenvalue weighted by molar-refractivity contribution is 0.524. The van der Waals surface area contributed by atoms with Crippen molar-refractivity contribution in [1.82, 2.24) is 0 Å². The Balaban J connectivity index is 3.00. The molecule has 0 fully saturated rings. The maximum Gasteiger partial charge on any atom is 0.0738 e. The van der Waals surface area contributed by atoms with Crippen LogP contribution in [0.1, 0.15) is 72.1 Å². The van der Waals surface area contributed by atoms with Gasteiger partial charge in [-0.15, -0.1) is 0 Å². The van der Waals surface area contributed by atoms with Crippen LogP contribution in [0.15, 0.2) is 0 Å². The van der Waals surface area contributed by atoms with Crippen molar-refractivity contribution in [2.24, 2.45) is 0 Å². The molecule has 13 heavy (non-hydrogen) atoms. The van der Waals surface area contributed by atoms with E-state index in [1.165, 1.54) is 51.4 Å². The number of hydrogen-bond donors (Lipinski definition) is 0. The number of rotatable bonds is 8. The van der Waals surface area contributed by atoms with E-state index in [-0.39, 0.29) is 5.31 Å². The van der Waals surface area contributed by atoms with E-state index in [2.05, 4.69) is 20.8 Å². The molecule has 0 aromatic rings. The maximum atomic E-state index is 5.90. The van der Waals surface area contributed by atoms with Gasteiger partial charge in [-0.3, -0.25) is 0 Å². The summed E-state index contributed by atoms with van der Waals surface area (Å²) in [6.07, 6.45) is 10.8. The molecule has 1 heteroatoms. The molecule has 0 rings (SSSR count). The zero-order valence-corrected chi connectivity index (χ0v) is 9.73. The quantitative estimate of drug-likeness (QED) is 0.381. The summed E-state index contributed by atoms with van der Waals surface area (Å²) in [5.74, 6) is 0. The molecule has 0 heterocycles. The van der Waals surface area contributed by atoms with Crippen LogP contribution in [0.4, 0.5) is 0 Å². The van der Waals surface area contributed by atoms with Gasteiger partial charge in [0.2, 0.25) is 0 Å². The van der Waals surface area contributed by atoms with Crippen molar-refractivity contribution in [2.45, 2.75) is 77.5 Å². The second-order valence-electron chi connectivity index (χ2n) is 4.86. The van der Waals surface area contributed by atoms with Gasteiger partial charge in [-0.25, -0.2) is 0 Å². The fraction of sp³-hybridized carbons (Fsp3) is 1.00. The molecular weight excluding hydrogens is 155 g/mol. The lowest BCUT2D eigenvalue weighted by atomic mass is 9.69. The van der Waals surface area contributed by atoms with E-state index in [1.807, 2.05) is 0 Å². The Morgan fingerprint density at radius 1 is 0.846 bits per heavy atom. The first kappa shape index (κ1) is 13.1. The van der Waals surface area contributed by atoms with Gasteiger partial charge in [0.05, 0.1) is 7.85 Å². The van der Waals surface area contributed by atoms with Crippen LogP contribution >= 0.6 is 0 Å². The topological polar surface area (TPSA) is 0 Å². The van der Waals surface area contributed by atoms with E-state index in [4.69, 9.17) is 7.85 Å². The van der Waals surface area contributed by atoms with Gasteiger partial charge in [-0.2, -0.15) is 0 Å². The predicted molar refractivity (Wildman–Crippen MR) is 62.4 cm³/mol. The van der Waals surface area contributed by atoms with Crippen LogP contribution in [0.3, 0.4) is 0 Å². The van der Waals surface area contributed by atoms with Gasteiger partial charge in [0, 0.05) is 0 Å². The van der Waals surface area contributed by atoms with E-state index in [0.717, 1.165) is 0 Å². The second-order valence-corrected chi connectivity index (χ2v) is 4.86. The molecule has 0 unspecified atom stereocenters. The molecule has 0 aliphatic heterocycles. The van der Waals surface area contributed by atoms with Crippen LogP contribution in [-0.4, -0.2) is 7.85 Å². The Hall–Kier alpha value is 0.0649. The average molecular weight is 180 g/mol. The Labute approximate surface area is 85.9 Å². The van der Waals surface area contributed by atoms with E-state index in [1.54, 1.807) is 0 Å². The van der Waals surface area contributed by atoms with Gasteiger partial charge in [0.15, 0.2) is 0 Å². The van der Waals surface area contributed by atoms with Crippen LogP contribution in [0, 0.1) is 0 Å². The summed E-state index contributed by atoms with van der Waals surface area (Å²) in [5.41, 5.74) is 0. The van der Waals surface area contributed by atoms with Crippen LogP contribution in [-0.2, 0) is 0 Å². The minimum Gasteiger partial charge on any atom is -0.0716 e.